The number of likely N-dealkylation sites (N-methyl/N-ethyl adjacent to an activating group) is 1. The molecule has 160 valence electrons. The lowest BCUT2D eigenvalue weighted by Gasteiger charge is -2.37. The Morgan fingerprint density at radius 1 is 1.10 bits per heavy atom. The highest BCUT2D eigenvalue weighted by molar-refractivity contribution is 5.97. The van der Waals surface area contributed by atoms with Crippen molar-refractivity contribution in [3.63, 3.8) is 0 Å². The molecule has 0 aliphatic carbocycles. The molecule has 1 saturated heterocycles. The third-order valence-corrected chi connectivity index (χ3v) is 5.65. The number of hydrogen-bond donors (Lipinski definition) is 1. The predicted molar refractivity (Wildman–Crippen MR) is 112 cm³/mol. The second kappa shape index (κ2) is 10.8. The minimum atomic E-state index is -0.594. The van der Waals surface area contributed by atoms with Crippen molar-refractivity contribution in [1.82, 2.24) is 15.1 Å². The molecule has 1 atom stereocenters. The van der Waals surface area contributed by atoms with Gasteiger partial charge in [0.05, 0.1) is 7.11 Å². The smallest absolute Gasteiger partial charge is 0.251 e. The number of benzene rings is 1. The van der Waals surface area contributed by atoms with E-state index in [2.05, 4.69) is 5.32 Å². The maximum Gasteiger partial charge on any atom is 0.251 e. The summed E-state index contributed by atoms with van der Waals surface area (Å²) in [7, 11) is 1.57. The molecule has 0 bridgehead atoms. The summed E-state index contributed by atoms with van der Waals surface area (Å²) in [6.07, 6.45) is 1.89. The fraction of sp³-hybridized carbons (Fsp3) is 0.591. The second-order valence-corrected chi connectivity index (χ2v) is 7.26. The van der Waals surface area contributed by atoms with Crippen LogP contribution in [0.2, 0.25) is 0 Å². The number of carbonyl (C=O) groups excluding carboxylic acids is 3. The van der Waals surface area contributed by atoms with Gasteiger partial charge in [0.15, 0.2) is 0 Å². The number of ether oxygens (including phenoxy) is 1. The van der Waals surface area contributed by atoms with Crippen LogP contribution in [0.4, 0.5) is 0 Å². The third-order valence-electron chi connectivity index (χ3n) is 5.65. The highest BCUT2D eigenvalue weighted by Gasteiger charge is 2.35. The molecule has 1 N–H and O–H groups in total. The zero-order valence-electron chi connectivity index (χ0n) is 17.9. The van der Waals surface area contributed by atoms with Crippen molar-refractivity contribution >= 4 is 17.7 Å². The number of hydrogen-bond acceptors (Lipinski definition) is 4. The van der Waals surface area contributed by atoms with Crippen LogP contribution in [0, 0.1) is 5.92 Å². The SMILES string of the molecule is CCC(=O)N1CCC([C@H](NC(=O)c2ccc(OC)cc2)C(=O)N(CC)CC)CC1. The highest BCUT2D eigenvalue weighted by atomic mass is 16.5. The zero-order valence-corrected chi connectivity index (χ0v) is 17.9. The molecule has 7 nitrogen and oxygen atoms in total. The average Bonchev–Trinajstić information content (AvgIpc) is 2.77. The van der Waals surface area contributed by atoms with Gasteiger partial charge in [-0.1, -0.05) is 6.92 Å². The molecular formula is C22H33N3O4. The molecule has 0 radical (unpaired) electrons. The summed E-state index contributed by atoms with van der Waals surface area (Å²) in [5.74, 6) is 0.483. The van der Waals surface area contributed by atoms with E-state index in [1.54, 1.807) is 36.3 Å². The molecule has 1 aromatic rings. The van der Waals surface area contributed by atoms with E-state index < -0.39 is 6.04 Å². The molecule has 29 heavy (non-hydrogen) atoms. The van der Waals surface area contributed by atoms with Crippen molar-refractivity contribution in [1.29, 1.82) is 0 Å². The Balaban J connectivity index is 2.15. The van der Waals surface area contributed by atoms with Gasteiger partial charge < -0.3 is 19.9 Å². The van der Waals surface area contributed by atoms with E-state index in [9.17, 15) is 14.4 Å². The fourth-order valence-corrected chi connectivity index (χ4v) is 3.79. The lowest BCUT2D eigenvalue weighted by Crippen LogP contribution is -2.54. The van der Waals surface area contributed by atoms with Gasteiger partial charge in [0, 0.05) is 38.2 Å². The Hall–Kier alpha value is -2.57. The first-order valence-corrected chi connectivity index (χ1v) is 10.5. The Morgan fingerprint density at radius 3 is 2.17 bits per heavy atom. The van der Waals surface area contributed by atoms with Gasteiger partial charge >= 0.3 is 0 Å². The maximum atomic E-state index is 13.2. The standard InChI is InChI=1S/C22H33N3O4/c1-5-19(26)25-14-12-16(13-15-25)20(22(28)24(6-2)7-3)23-21(27)17-8-10-18(29-4)11-9-17/h8-11,16,20H,5-7,12-15H2,1-4H3,(H,23,27)/t20-/m0/s1. The van der Waals surface area contributed by atoms with E-state index in [4.69, 9.17) is 4.74 Å². The van der Waals surface area contributed by atoms with Crippen molar-refractivity contribution in [3.8, 4) is 5.75 Å². The zero-order chi connectivity index (χ0) is 21.4. The van der Waals surface area contributed by atoms with E-state index in [1.807, 2.05) is 25.7 Å². The molecule has 1 aliphatic rings. The molecule has 1 fully saturated rings. The van der Waals surface area contributed by atoms with Gasteiger partial charge in [-0.15, -0.1) is 0 Å². The molecule has 0 unspecified atom stereocenters. The van der Waals surface area contributed by atoms with Crippen molar-refractivity contribution in [2.24, 2.45) is 5.92 Å². The summed E-state index contributed by atoms with van der Waals surface area (Å²) < 4.78 is 5.14. The number of likely N-dealkylation sites (tertiary alicyclic amines) is 1. The van der Waals surface area contributed by atoms with E-state index in [1.165, 1.54) is 0 Å². The highest BCUT2D eigenvalue weighted by Crippen LogP contribution is 2.23. The third kappa shape index (κ3) is 5.71. The summed E-state index contributed by atoms with van der Waals surface area (Å²) in [6, 6.07) is 6.24. The van der Waals surface area contributed by atoms with Gasteiger partial charge in [0.1, 0.15) is 11.8 Å². The van der Waals surface area contributed by atoms with Gasteiger partial charge in [0.25, 0.3) is 5.91 Å². The summed E-state index contributed by atoms with van der Waals surface area (Å²) >= 11 is 0. The van der Waals surface area contributed by atoms with Gasteiger partial charge in [-0.05, 0) is 56.9 Å². The van der Waals surface area contributed by atoms with Gasteiger partial charge in [-0.3, -0.25) is 14.4 Å². The number of methoxy groups -OCH3 is 1. The Labute approximate surface area is 173 Å². The van der Waals surface area contributed by atoms with Crippen LogP contribution in [0.15, 0.2) is 24.3 Å². The average molecular weight is 404 g/mol. The Kier molecular flexibility index (Phi) is 8.49. The minimum absolute atomic E-state index is 0.00574. The van der Waals surface area contributed by atoms with E-state index >= 15 is 0 Å². The summed E-state index contributed by atoms with van der Waals surface area (Å²) in [6.45, 7) is 8.17. The number of carbonyl (C=O) groups is 3. The number of nitrogens with one attached hydrogen (secondary N) is 1. The van der Waals surface area contributed by atoms with Gasteiger partial charge in [0.2, 0.25) is 11.8 Å². The number of rotatable bonds is 8. The van der Waals surface area contributed by atoms with Crippen molar-refractivity contribution in [2.75, 3.05) is 33.3 Å². The molecule has 0 saturated carbocycles. The normalized spacial score (nSPS) is 15.5. The lowest BCUT2D eigenvalue weighted by molar-refractivity contribution is -0.135. The van der Waals surface area contributed by atoms with Crippen molar-refractivity contribution in [3.05, 3.63) is 29.8 Å². The second-order valence-electron chi connectivity index (χ2n) is 7.26. The lowest BCUT2D eigenvalue weighted by atomic mass is 9.88. The molecule has 7 heteroatoms. The quantitative estimate of drug-likeness (QED) is 0.722. The molecule has 3 amide bonds. The van der Waals surface area contributed by atoms with Crippen LogP contribution in [0.1, 0.15) is 50.4 Å². The topological polar surface area (TPSA) is 79.0 Å². The van der Waals surface area contributed by atoms with Crippen LogP contribution < -0.4 is 10.1 Å². The van der Waals surface area contributed by atoms with Crippen LogP contribution in [0.5, 0.6) is 5.75 Å². The molecule has 1 heterocycles. The summed E-state index contributed by atoms with van der Waals surface area (Å²) in [5, 5.41) is 2.97. The van der Waals surface area contributed by atoms with Crippen LogP contribution in [-0.2, 0) is 9.59 Å². The van der Waals surface area contributed by atoms with Crippen LogP contribution >= 0.6 is 0 Å². The Morgan fingerprint density at radius 2 is 1.69 bits per heavy atom. The first-order chi connectivity index (χ1) is 13.9. The summed E-state index contributed by atoms with van der Waals surface area (Å²) in [5.41, 5.74) is 0.488. The summed E-state index contributed by atoms with van der Waals surface area (Å²) in [4.78, 5) is 41.6. The molecular weight excluding hydrogens is 370 g/mol. The predicted octanol–water partition coefficient (Wildman–Crippen LogP) is 2.31. The number of amides is 3. The molecule has 1 aliphatic heterocycles. The Bertz CT molecular complexity index is 693. The first kappa shape index (κ1) is 22.7. The molecule has 1 aromatic carbocycles. The fourth-order valence-electron chi connectivity index (χ4n) is 3.79. The number of nitrogens with zero attached hydrogens (tertiary/aromatic N) is 2. The molecule has 0 spiro atoms. The van der Waals surface area contributed by atoms with Gasteiger partial charge in [-0.2, -0.15) is 0 Å². The van der Waals surface area contributed by atoms with E-state index in [0.717, 1.165) is 0 Å². The monoisotopic (exact) mass is 403 g/mol. The largest absolute Gasteiger partial charge is 0.497 e. The van der Waals surface area contributed by atoms with E-state index in [0.29, 0.717) is 56.8 Å². The molecule has 2 rings (SSSR count). The van der Waals surface area contributed by atoms with Crippen LogP contribution in [-0.4, -0.2) is 66.9 Å². The van der Waals surface area contributed by atoms with Crippen molar-refractivity contribution in [2.45, 2.75) is 46.1 Å². The first-order valence-electron chi connectivity index (χ1n) is 10.5. The minimum Gasteiger partial charge on any atom is -0.497 e. The van der Waals surface area contributed by atoms with Crippen LogP contribution in [0.25, 0.3) is 0 Å². The molecule has 0 aromatic heterocycles. The maximum absolute atomic E-state index is 13.2. The number of piperidine rings is 1. The van der Waals surface area contributed by atoms with Gasteiger partial charge in [-0.25, -0.2) is 0 Å². The van der Waals surface area contributed by atoms with Crippen molar-refractivity contribution < 1.29 is 19.1 Å². The van der Waals surface area contributed by atoms with Crippen LogP contribution in [0.3, 0.4) is 0 Å². The van der Waals surface area contributed by atoms with E-state index in [-0.39, 0.29) is 23.6 Å².